The van der Waals surface area contributed by atoms with Crippen LogP contribution in [0.2, 0.25) is 0 Å². The van der Waals surface area contributed by atoms with E-state index in [2.05, 4.69) is 0 Å². The van der Waals surface area contributed by atoms with E-state index in [0.29, 0.717) is 12.0 Å². The van der Waals surface area contributed by atoms with Gasteiger partial charge in [-0.1, -0.05) is 42.0 Å². The van der Waals surface area contributed by atoms with Crippen molar-refractivity contribution in [2.75, 3.05) is 13.1 Å². The molecule has 1 N–H and O–H groups in total. The summed E-state index contributed by atoms with van der Waals surface area (Å²) in [7, 11) is 0. The fourth-order valence-corrected chi connectivity index (χ4v) is 2.57. The van der Waals surface area contributed by atoms with E-state index in [9.17, 15) is 18.0 Å². The maximum absolute atomic E-state index is 12.9. The minimum atomic E-state index is -4.31. The normalized spacial score (nSPS) is 11.7. The number of benzene rings is 2. The summed E-state index contributed by atoms with van der Waals surface area (Å²) < 4.78 is 38.6. The minimum absolute atomic E-state index is 0.0481. The summed E-state index contributed by atoms with van der Waals surface area (Å²) in [5.41, 5.74) is 2.69. The van der Waals surface area contributed by atoms with Crippen molar-refractivity contribution in [3.63, 3.8) is 0 Å². The van der Waals surface area contributed by atoms with Gasteiger partial charge < -0.3 is 5.11 Å². The Labute approximate surface area is 144 Å². The number of halogens is 3. The predicted molar refractivity (Wildman–Crippen MR) is 89.6 cm³/mol. The first-order chi connectivity index (χ1) is 11.7. The summed E-state index contributed by atoms with van der Waals surface area (Å²) in [6.07, 6.45) is -3.81. The molecule has 6 heteroatoms. The lowest BCUT2D eigenvalue weighted by Gasteiger charge is -2.24. The molecule has 134 valence electrons. The third kappa shape index (κ3) is 6.58. The van der Waals surface area contributed by atoms with Crippen molar-refractivity contribution < 1.29 is 23.1 Å². The molecule has 0 heterocycles. The monoisotopic (exact) mass is 351 g/mol. The summed E-state index contributed by atoms with van der Waals surface area (Å²) in [5.74, 6) is -1.09. The van der Waals surface area contributed by atoms with Gasteiger partial charge in [0.05, 0.1) is 12.1 Å². The van der Waals surface area contributed by atoms with Gasteiger partial charge in [-0.3, -0.25) is 4.90 Å². The number of carbonyl (C=O) groups is 1. The van der Waals surface area contributed by atoms with Gasteiger partial charge in [0.2, 0.25) is 0 Å². The highest BCUT2D eigenvalue weighted by molar-refractivity contribution is 5.87. The van der Waals surface area contributed by atoms with Gasteiger partial charge in [-0.25, -0.2) is 4.79 Å². The molecule has 2 aromatic rings. The second kappa shape index (κ2) is 8.16. The first kappa shape index (κ1) is 19.0. The third-order valence-electron chi connectivity index (χ3n) is 3.82. The number of carboxylic acids is 1. The Morgan fingerprint density at radius 2 is 1.76 bits per heavy atom. The highest BCUT2D eigenvalue weighted by atomic mass is 19.4. The fraction of sp³-hybridized carbons (Fsp3) is 0.316. The van der Waals surface area contributed by atoms with E-state index in [1.807, 2.05) is 31.2 Å². The Morgan fingerprint density at radius 3 is 2.36 bits per heavy atom. The molecule has 0 saturated carbocycles. The maximum atomic E-state index is 12.9. The molecule has 0 bridgehead atoms. The molecule has 0 aliphatic heterocycles. The van der Waals surface area contributed by atoms with Crippen molar-refractivity contribution in [2.24, 2.45) is 0 Å². The molecule has 25 heavy (non-hydrogen) atoms. The summed E-state index contributed by atoms with van der Waals surface area (Å²) >= 11 is 0. The second-order valence-corrected chi connectivity index (χ2v) is 6.07. The molecule has 0 aliphatic rings. The van der Waals surface area contributed by atoms with Crippen molar-refractivity contribution >= 4 is 5.97 Å². The molecule has 0 fully saturated rings. The van der Waals surface area contributed by atoms with Crippen LogP contribution in [0.5, 0.6) is 0 Å². The minimum Gasteiger partial charge on any atom is -0.478 e. The topological polar surface area (TPSA) is 40.5 Å². The van der Waals surface area contributed by atoms with Gasteiger partial charge in [-0.05, 0) is 36.6 Å². The number of alkyl halides is 3. The Bertz CT molecular complexity index is 711. The summed E-state index contributed by atoms with van der Waals surface area (Å²) in [4.78, 5) is 12.3. The third-order valence-corrected chi connectivity index (χ3v) is 3.82. The Kier molecular flexibility index (Phi) is 6.20. The quantitative estimate of drug-likeness (QED) is 0.808. The first-order valence-electron chi connectivity index (χ1n) is 7.90. The number of hydrogen-bond donors (Lipinski definition) is 1. The van der Waals surface area contributed by atoms with Crippen LogP contribution in [-0.2, 0) is 13.0 Å². The molecule has 0 aromatic heterocycles. The number of nitrogens with zero attached hydrogens (tertiary/aromatic N) is 1. The van der Waals surface area contributed by atoms with Crippen LogP contribution in [-0.4, -0.2) is 35.2 Å². The molecule has 2 aromatic carbocycles. The Hall–Kier alpha value is -2.34. The van der Waals surface area contributed by atoms with Crippen molar-refractivity contribution in [1.82, 2.24) is 4.90 Å². The molecule has 0 unspecified atom stereocenters. The fourth-order valence-electron chi connectivity index (χ4n) is 2.57. The van der Waals surface area contributed by atoms with Crippen LogP contribution >= 0.6 is 0 Å². The van der Waals surface area contributed by atoms with Gasteiger partial charge in [0.1, 0.15) is 0 Å². The highest BCUT2D eigenvalue weighted by Gasteiger charge is 2.30. The van der Waals surface area contributed by atoms with Crippen molar-refractivity contribution in [2.45, 2.75) is 26.1 Å². The molecule has 0 radical (unpaired) electrons. The largest absolute Gasteiger partial charge is 0.478 e. The van der Waals surface area contributed by atoms with Crippen molar-refractivity contribution in [3.05, 3.63) is 70.8 Å². The number of aryl methyl sites for hydroxylation is 1. The van der Waals surface area contributed by atoms with Crippen LogP contribution in [0, 0.1) is 6.92 Å². The zero-order valence-corrected chi connectivity index (χ0v) is 13.9. The Morgan fingerprint density at radius 1 is 1.08 bits per heavy atom. The standard InChI is InChI=1S/C19H20F3NO2/c1-14-5-7-15(8-6-14)9-10-23(13-19(20,21)22)12-16-3-2-4-17(11-16)18(24)25/h2-8,11H,9-10,12-13H2,1H3,(H,24,25). The number of rotatable bonds is 7. The average Bonchev–Trinajstić information content (AvgIpc) is 2.53. The predicted octanol–water partition coefficient (Wildman–Crippen LogP) is 4.30. The molecular formula is C19H20F3NO2. The molecule has 0 amide bonds. The lowest BCUT2D eigenvalue weighted by Crippen LogP contribution is -2.35. The number of carboxylic acid groups (broad SMARTS) is 1. The van der Waals surface area contributed by atoms with E-state index >= 15 is 0 Å². The molecule has 0 atom stereocenters. The van der Waals surface area contributed by atoms with Gasteiger partial charge >= 0.3 is 12.1 Å². The SMILES string of the molecule is Cc1ccc(CCN(Cc2cccc(C(=O)O)c2)CC(F)(F)F)cc1. The van der Waals surface area contributed by atoms with E-state index in [1.165, 1.54) is 17.0 Å². The van der Waals surface area contributed by atoms with Crippen LogP contribution in [0.15, 0.2) is 48.5 Å². The molecule has 0 aliphatic carbocycles. The summed E-state index contributed by atoms with van der Waals surface area (Å²) in [6.45, 7) is 1.21. The highest BCUT2D eigenvalue weighted by Crippen LogP contribution is 2.19. The number of aromatic carboxylic acids is 1. The molecule has 3 nitrogen and oxygen atoms in total. The van der Waals surface area contributed by atoms with Crippen molar-refractivity contribution in [3.8, 4) is 0 Å². The summed E-state index contributed by atoms with van der Waals surface area (Å²) in [6, 6.07) is 13.7. The van der Waals surface area contributed by atoms with Gasteiger partial charge in [-0.2, -0.15) is 13.2 Å². The second-order valence-electron chi connectivity index (χ2n) is 6.07. The van der Waals surface area contributed by atoms with E-state index in [1.54, 1.807) is 12.1 Å². The van der Waals surface area contributed by atoms with E-state index in [4.69, 9.17) is 5.11 Å². The van der Waals surface area contributed by atoms with Gasteiger partial charge in [0, 0.05) is 13.1 Å². The number of hydrogen-bond acceptors (Lipinski definition) is 2. The van der Waals surface area contributed by atoms with Crippen LogP contribution in [0.4, 0.5) is 13.2 Å². The van der Waals surface area contributed by atoms with Gasteiger partial charge in [0.25, 0.3) is 0 Å². The van der Waals surface area contributed by atoms with Gasteiger partial charge in [-0.15, -0.1) is 0 Å². The molecule has 0 spiro atoms. The average molecular weight is 351 g/mol. The summed E-state index contributed by atoms with van der Waals surface area (Å²) in [5, 5.41) is 9.01. The van der Waals surface area contributed by atoms with Gasteiger partial charge in [0.15, 0.2) is 0 Å². The smallest absolute Gasteiger partial charge is 0.401 e. The zero-order valence-electron chi connectivity index (χ0n) is 13.9. The van der Waals surface area contributed by atoms with E-state index in [-0.39, 0.29) is 18.7 Å². The molecule has 0 saturated heterocycles. The van der Waals surface area contributed by atoms with E-state index in [0.717, 1.165) is 11.1 Å². The lowest BCUT2D eigenvalue weighted by atomic mass is 10.1. The lowest BCUT2D eigenvalue weighted by molar-refractivity contribution is -0.147. The Balaban J connectivity index is 2.08. The maximum Gasteiger partial charge on any atom is 0.401 e. The van der Waals surface area contributed by atoms with Crippen LogP contribution in [0.1, 0.15) is 27.0 Å². The van der Waals surface area contributed by atoms with Crippen LogP contribution in [0.25, 0.3) is 0 Å². The zero-order chi connectivity index (χ0) is 18.4. The molecular weight excluding hydrogens is 331 g/mol. The first-order valence-corrected chi connectivity index (χ1v) is 7.90. The van der Waals surface area contributed by atoms with E-state index < -0.39 is 18.7 Å². The van der Waals surface area contributed by atoms with Crippen molar-refractivity contribution in [1.29, 1.82) is 0 Å². The van der Waals surface area contributed by atoms with Crippen LogP contribution in [0.3, 0.4) is 0 Å². The van der Waals surface area contributed by atoms with Crippen LogP contribution < -0.4 is 0 Å². The molecule has 2 rings (SSSR count).